The predicted octanol–water partition coefficient (Wildman–Crippen LogP) is 2.86. The van der Waals surface area contributed by atoms with Crippen molar-refractivity contribution in [1.82, 2.24) is 0 Å². The van der Waals surface area contributed by atoms with Gasteiger partial charge in [-0.3, -0.25) is 0 Å². The summed E-state index contributed by atoms with van der Waals surface area (Å²) in [6, 6.07) is 18.7. The molecular weight excluding hydrogens is 366 g/mol. The Morgan fingerprint density at radius 2 is 1.52 bits per heavy atom. The second-order valence-corrected chi connectivity index (χ2v) is 8.80. The molecule has 5 heteroatoms. The molecule has 4 atom stereocenters. The highest BCUT2D eigenvalue weighted by Gasteiger charge is 2.56. The van der Waals surface area contributed by atoms with Crippen LogP contribution in [-0.4, -0.2) is 61.1 Å². The molecule has 154 valence electrons. The van der Waals surface area contributed by atoms with Crippen molar-refractivity contribution in [2.24, 2.45) is 0 Å². The highest BCUT2D eigenvalue weighted by molar-refractivity contribution is 5.85. The first-order valence-electron chi connectivity index (χ1n) is 10.3. The number of benzene rings is 2. The van der Waals surface area contributed by atoms with E-state index < -0.39 is 11.6 Å². The van der Waals surface area contributed by atoms with Gasteiger partial charge in [0, 0.05) is 26.4 Å². The fourth-order valence-corrected chi connectivity index (χ4v) is 5.20. The Bertz CT molecular complexity index is 812. The Hall–Kier alpha value is -2.21. The normalized spacial score (nSPS) is 28.1. The maximum atomic E-state index is 13.4. The van der Waals surface area contributed by atoms with Gasteiger partial charge in [-0.25, -0.2) is 4.79 Å². The highest BCUT2D eigenvalue weighted by atomic mass is 16.6. The summed E-state index contributed by atoms with van der Waals surface area (Å²) in [5, 5.41) is 11.6. The van der Waals surface area contributed by atoms with E-state index in [9.17, 15) is 9.90 Å². The summed E-state index contributed by atoms with van der Waals surface area (Å²) < 4.78 is 12.6. The fraction of sp³-hybridized carbons (Fsp3) is 0.458. The van der Waals surface area contributed by atoms with Gasteiger partial charge in [0.2, 0.25) is 5.60 Å². The van der Waals surface area contributed by atoms with Gasteiger partial charge in [-0.15, -0.1) is 0 Å². The van der Waals surface area contributed by atoms with E-state index in [1.807, 2.05) is 36.4 Å². The van der Waals surface area contributed by atoms with Crippen LogP contribution < -0.4 is 0 Å². The molecule has 0 saturated carbocycles. The first-order valence-corrected chi connectivity index (χ1v) is 10.3. The van der Waals surface area contributed by atoms with Gasteiger partial charge >= 0.3 is 5.97 Å². The molecule has 2 aliphatic heterocycles. The number of esters is 1. The predicted molar refractivity (Wildman–Crippen MR) is 110 cm³/mol. The summed E-state index contributed by atoms with van der Waals surface area (Å²) in [4.78, 5) is 13.4. The topological polar surface area (TPSA) is 55.8 Å². The van der Waals surface area contributed by atoms with Gasteiger partial charge in [-0.1, -0.05) is 60.7 Å². The van der Waals surface area contributed by atoms with Crippen LogP contribution in [0.25, 0.3) is 0 Å². The molecule has 2 aliphatic rings. The van der Waals surface area contributed by atoms with Gasteiger partial charge in [0.1, 0.15) is 18.2 Å². The molecule has 1 N–H and O–H groups in total. The molecule has 0 spiro atoms. The number of rotatable bonds is 5. The second kappa shape index (κ2) is 7.56. The summed E-state index contributed by atoms with van der Waals surface area (Å²) in [5.74, 6) is -0.611. The number of piperidine rings is 1. The molecule has 0 amide bonds. The molecule has 4 rings (SSSR count). The number of hydrogen-bond acceptors (Lipinski definition) is 4. The molecule has 0 unspecified atom stereocenters. The van der Waals surface area contributed by atoms with Crippen LogP contribution in [0.4, 0.5) is 0 Å². The van der Waals surface area contributed by atoms with Crippen molar-refractivity contribution in [2.45, 2.75) is 49.2 Å². The van der Waals surface area contributed by atoms with Crippen LogP contribution in [0.3, 0.4) is 0 Å². The Kier molecular flexibility index (Phi) is 5.23. The van der Waals surface area contributed by atoms with Gasteiger partial charge in [0.25, 0.3) is 0 Å². The molecule has 0 aliphatic carbocycles. The minimum absolute atomic E-state index is 0.181. The molecule has 2 bridgehead atoms. The summed E-state index contributed by atoms with van der Waals surface area (Å²) in [6.45, 7) is 0. The van der Waals surface area contributed by atoms with E-state index in [1.54, 1.807) is 31.4 Å². The SMILES string of the molecule is CO[C@@H]1C[C@H]2C[C@@H](OC(=O)C(O)(c3ccccc3)c3ccccc3)C[C@@H]1[N+]2(C)C. The number of methoxy groups -OCH3 is 1. The third-order valence-electron chi connectivity index (χ3n) is 7.02. The standard InChI is InChI=1S/C24H30NO4/c1-25(2)19-14-20(16-21(25)22(15-19)28-3)29-23(26)24(27,17-10-6-4-7-11-17)18-12-8-5-9-13-18/h4-13,19-22,27H,14-16H2,1-3H3/q+1/t19-,20-,21+,22-/m1/s1. The molecule has 2 aromatic rings. The van der Waals surface area contributed by atoms with Crippen LogP contribution in [0.5, 0.6) is 0 Å². The first-order chi connectivity index (χ1) is 13.9. The van der Waals surface area contributed by atoms with Crippen LogP contribution >= 0.6 is 0 Å². The molecule has 29 heavy (non-hydrogen) atoms. The van der Waals surface area contributed by atoms with Crippen molar-refractivity contribution in [1.29, 1.82) is 0 Å². The van der Waals surface area contributed by atoms with E-state index in [0.717, 1.165) is 23.7 Å². The van der Waals surface area contributed by atoms with Crippen LogP contribution in [0.2, 0.25) is 0 Å². The molecule has 2 aromatic carbocycles. The zero-order valence-corrected chi connectivity index (χ0v) is 17.3. The van der Waals surface area contributed by atoms with E-state index in [1.165, 1.54) is 0 Å². The van der Waals surface area contributed by atoms with Crippen molar-refractivity contribution < 1.29 is 23.9 Å². The number of likely N-dealkylation sites (N-methyl/N-ethyl adjacent to an activating group) is 1. The number of quaternary nitrogens is 1. The first kappa shape index (κ1) is 20.1. The average Bonchev–Trinajstić information content (AvgIpc) is 2.87. The quantitative estimate of drug-likeness (QED) is 0.624. The Balaban J connectivity index is 1.61. The maximum Gasteiger partial charge on any atom is 0.347 e. The average molecular weight is 397 g/mol. The highest BCUT2D eigenvalue weighted by Crippen LogP contribution is 2.43. The number of ether oxygens (including phenoxy) is 2. The number of aliphatic hydroxyl groups is 1. The minimum Gasteiger partial charge on any atom is -0.459 e. The van der Waals surface area contributed by atoms with Gasteiger partial charge in [-0.05, 0) is 11.1 Å². The van der Waals surface area contributed by atoms with Gasteiger partial charge in [0.15, 0.2) is 0 Å². The number of carbonyl (C=O) groups is 1. The molecule has 0 aromatic heterocycles. The summed E-state index contributed by atoms with van der Waals surface area (Å²) in [5.41, 5.74) is -0.800. The third-order valence-corrected chi connectivity index (χ3v) is 7.02. The van der Waals surface area contributed by atoms with Crippen molar-refractivity contribution in [3.8, 4) is 0 Å². The largest absolute Gasteiger partial charge is 0.459 e. The Labute approximate surface area is 172 Å². The lowest BCUT2D eigenvalue weighted by Crippen LogP contribution is -2.58. The summed E-state index contributed by atoms with van der Waals surface area (Å²) >= 11 is 0. The van der Waals surface area contributed by atoms with E-state index in [0.29, 0.717) is 17.2 Å². The Morgan fingerprint density at radius 1 is 0.966 bits per heavy atom. The lowest BCUT2D eigenvalue weighted by atomic mass is 9.86. The molecular formula is C24H30NO4+. The van der Waals surface area contributed by atoms with Gasteiger partial charge < -0.3 is 19.1 Å². The zero-order valence-electron chi connectivity index (χ0n) is 17.3. The number of fused-ring (bicyclic) bond motifs is 2. The number of carbonyl (C=O) groups excluding carboxylic acids is 1. The fourth-order valence-electron chi connectivity index (χ4n) is 5.20. The van der Waals surface area contributed by atoms with E-state index >= 15 is 0 Å². The zero-order chi connectivity index (χ0) is 20.6. The molecule has 2 heterocycles. The maximum absolute atomic E-state index is 13.4. The van der Waals surface area contributed by atoms with Crippen molar-refractivity contribution in [3.63, 3.8) is 0 Å². The van der Waals surface area contributed by atoms with E-state index in [2.05, 4.69) is 14.1 Å². The lowest BCUT2D eigenvalue weighted by Gasteiger charge is -2.44. The van der Waals surface area contributed by atoms with Gasteiger partial charge in [-0.2, -0.15) is 0 Å². The van der Waals surface area contributed by atoms with Crippen LogP contribution in [0, 0.1) is 0 Å². The van der Waals surface area contributed by atoms with Crippen molar-refractivity contribution >= 4 is 5.97 Å². The Morgan fingerprint density at radius 3 is 2.03 bits per heavy atom. The minimum atomic E-state index is -1.83. The molecule has 2 saturated heterocycles. The number of hydrogen-bond donors (Lipinski definition) is 1. The van der Waals surface area contributed by atoms with Crippen molar-refractivity contribution in [3.05, 3.63) is 71.8 Å². The second-order valence-electron chi connectivity index (χ2n) is 8.80. The molecule has 0 radical (unpaired) electrons. The molecule has 5 nitrogen and oxygen atoms in total. The number of nitrogens with zero attached hydrogens (tertiary/aromatic N) is 1. The monoisotopic (exact) mass is 396 g/mol. The lowest BCUT2D eigenvalue weighted by molar-refractivity contribution is -0.932. The van der Waals surface area contributed by atoms with E-state index in [4.69, 9.17) is 9.47 Å². The van der Waals surface area contributed by atoms with Crippen LogP contribution in [-0.2, 0) is 19.9 Å². The van der Waals surface area contributed by atoms with Crippen LogP contribution in [0.15, 0.2) is 60.7 Å². The summed E-state index contributed by atoms with van der Waals surface area (Å²) in [7, 11) is 6.23. The van der Waals surface area contributed by atoms with Crippen LogP contribution in [0.1, 0.15) is 30.4 Å². The van der Waals surface area contributed by atoms with E-state index in [-0.39, 0.29) is 18.2 Å². The molecule has 2 fully saturated rings. The summed E-state index contributed by atoms with van der Waals surface area (Å²) in [6.07, 6.45) is 2.47. The van der Waals surface area contributed by atoms with Gasteiger partial charge in [0.05, 0.1) is 20.1 Å². The smallest absolute Gasteiger partial charge is 0.347 e. The third kappa shape index (κ3) is 3.37. The van der Waals surface area contributed by atoms with Crippen molar-refractivity contribution in [2.75, 3.05) is 21.2 Å².